The Morgan fingerprint density at radius 3 is 2.74 bits per heavy atom. The van der Waals surface area contributed by atoms with E-state index in [0.717, 1.165) is 31.1 Å². The summed E-state index contributed by atoms with van der Waals surface area (Å²) in [6, 6.07) is 14.4. The van der Waals surface area contributed by atoms with Crippen molar-refractivity contribution in [3.8, 4) is 11.1 Å². The molecule has 0 amide bonds. The highest BCUT2D eigenvalue weighted by Crippen LogP contribution is 2.27. The minimum Gasteiger partial charge on any atom is -0.370 e. The van der Waals surface area contributed by atoms with Gasteiger partial charge in [0.1, 0.15) is 5.82 Å². The average Bonchev–Trinajstić information content (AvgIpc) is 2.86. The molecule has 0 radical (unpaired) electrons. The number of benzene rings is 1. The fourth-order valence-electron chi connectivity index (χ4n) is 5.42. The molecule has 2 heterocycles. The molecule has 182 valence electrons. The van der Waals surface area contributed by atoms with E-state index in [9.17, 15) is 0 Å². The second-order valence-electron chi connectivity index (χ2n) is 9.75. The van der Waals surface area contributed by atoms with Gasteiger partial charge in [-0.2, -0.15) is 0 Å². The van der Waals surface area contributed by atoms with Crippen molar-refractivity contribution >= 4 is 5.82 Å². The van der Waals surface area contributed by atoms with Crippen LogP contribution in [0.15, 0.2) is 67.0 Å². The van der Waals surface area contributed by atoms with Crippen LogP contribution in [0, 0.1) is 0 Å². The van der Waals surface area contributed by atoms with E-state index in [-0.39, 0.29) is 0 Å². The molecule has 1 aromatic carbocycles. The molecule has 3 unspecified atom stereocenters. The van der Waals surface area contributed by atoms with E-state index in [0.29, 0.717) is 18.1 Å². The lowest BCUT2D eigenvalue weighted by atomic mass is 9.89. The van der Waals surface area contributed by atoms with Gasteiger partial charge in [-0.3, -0.25) is 0 Å². The number of pyridine rings is 1. The highest BCUT2D eigenvalue weighted by Gasteiger charge is 2.29. The maximum atomic E-state index is 4.68. The van der Waals surface area contributed by atoms with Crippen molar-refractivity contribution in [3.05, 3.63) is 72.6 Å². The molecular weight excluding hydrogens is 418 g/mol. The molecule has 5 heteroatoms. The number of allylic oxidation sites excluding steroid dienone is 2. The lowest BCUT2D eigenvalue weighted by Gasteiger charge is -2.40. The number of nitrogens with one attached hydrogen (secondary N) is 3. The van der Waals surface area contributed by atoms with E-state index in [1.165, 1.54) is 55.2 Å². The van der Waals surface area contributed by atoms with Crippen molar-refractivity contribution in [2.24, 2.45) is 0 Å². The lowest BCUT2D eigenvalue weighted by molar-refractivity contribution is 0.210. The zero-order valence-corrected chi connectivity index (χ0v) is 20.9. The Hall–Kier alpha value is -2.63. The Morgan fingerprint density at radius 1 is 1.09 bits per heavy atom. The van der Waals surface area contributed by atoms with Crippen molar-refractivity contribution in [2.45, 2.75) is 70.1 Å². The van der Waals surface area contributed by atoms with Gasteiger partial charge < -0.3 is 20.9 Å². The van der Waals surface area contributed by atoms with Crippen molar-refractivity contribution in [1.82, 2.24) is 20.5 Å². The third kappa shape index (κ3) is 6.49. The first-order valence-electron chi connectivity index (χ1n) is 13.0. The van der Waals surface area contributed by atoms with Gasteiger partial charge in [0.15, 0.2) is 0 Å². The Kier molecular flexibility index (Phi) is 8.78. The van der Waals surface area contributed by atoms with Crippen LogP contribution < -0.4 is 16.0 Å². The maximum Gasteiger partial charge on any atom is 0.126 e. The minimum atomic E-state index is 0.404. The number of hydrogen-bond donors (Lipinski definition) is 3. The Balaban J connectivity index is 1.42. The van der Waals surface area contributed by atoms with Crippen molar-refractivity contribution in [1.29, 1.82) is 0 Å². The van der Waals surface area contributed by atoms with Gasteiger partial charge in [-0.15, -0.1) is 0 Å². The number of hydrogen-bond acceptors (Lipinski definition) is 5. The second-order valence-corrected chi connectivity index (χ2v) is 9.75. The highest BCUT2D eigenvalue weighted by atomic mass is 15.2. The van der Waals surface area contributed by atoms with Gasteiger partial charge in [-0.25, -0.2) is 4.98 Å². The summed E-state index contributed by atoms with van der Waals surface area (Å²) >= 11 is 0. The van der Waals surface area contributed by atoms with Crippen LogP contribution in [-0.4, -0.2) is 48.1 Å². The average molecular weight is 460 g/mol. The molecule has 34 heavy (non-hydrogen) atoms. The van der Waals surface area contributed by atoms with E-state index in [1.807, 2.05) is 13.2 Å². The van der Waals surface area contributed by atoms with Crippen LogP contribution in [0.1, 0.15) is 51.0 Å². The number of piperidine rings is 1. The summed E-state index contributed by atoms with van der Waals surface area (Å²) in [6.07, 6.45) is 13.6. The summed E-state index contributed by atoms with van der Waals surface area (Å²) in [5.41, 5.74) is 4.87. The quantitative estimate of drug-likeness (QED) is 0.442. The lowest BCUT2D eigenvalue weighted by Crippen LogP contribution is -2.54. The van der Waals surface area contributed by atoms with Crippen LogP contribution in [0.3, 0.4) is 0 Å². The smallest absolute Gasteiger partial charge is 0.126 e. The Bertz CT molecular complexity index is 968. The Morgan fingerprint density at radius 2 is 1.91 bits per heavy atom. The summed E-state index contributed by atoms with van der Waals surface area (Å²) in [4.78, 5) is 7.11. The molecular formula is C29H41N5. The fraction of sp³-hybridized carbons (Fsp3) is 0.483. The van der Waals surface area contributed by atoms with Crippen LogP contribution >= 0.6 is 0 Å². The van der Waals surface area contributed by atoms with Gasteiger partial charge in [-0.05, 0) is 80.6 Å². The van der Waals surface area contributed by atoms with E-state index >= 15 is 0 Å². The van der Waals surface area contributed by atoms with E-state index in [1.54, 1.807) is 0 Å². The molecule has 2 aliphatic rings. The van der Waals surface area contributed by atoms with Gasteiger partial charge in [0.2, 0.25) is 0 Å². The third-order valence-corrected chi connectivity index (χ3v) is 7.14. The monoisotopic (exact) mass is 459 g/mol. The summed E-state index contributed by atoms with van der Waals surface area (Å²) in [6.45, 7) is 9.35. The molecule has 1 saturated heterocycles. The van der Waals surface area contributed by atoms with Gasteiger partial charge in [0.25, 0.3) is 0 Å². The van der Waals surface area contributed by atoms with Crippen LogP contribution in [0.25, 0.3) is 11.1 Å². The summed E-state index contributed by atoms with van der Waals surface area (Å²) in [5.74, 6) is 0.974. The van der Waals surface area contributed by atoms with E-state index < -0.39 is 0 Å². The predicted molar refractivity (Wildman–Crippen MR) is 144 cm³/mol. The standard InChI is InChI=1S/C29H41N5/c1-4-9-22(2)34-17-8-12-26(21-34)32-27-13-5-6-14-28(27)33-29-19-25(15-16-31-29)24-11-7-10-23(18-24)20-30-3/h4,7,9-11,15-16,18-19,26-28,30,32H,2,5-6,8,12-14,17,20-21H2,1,3H3,(H,31,33)/b9-4-. The molecule has 3 N–H and O–H groups in total. The number of anilines is 1. The van der Waals surface area contributed by atoms with Crippen LogP contribution in [0.4, 0.5) is 5.82 Å². The number of likely N-dealkylation sites (tertiary alicyclic amines) is 1. The fourth-order valence-corrected chi connectivity index (χ4v) is 5.42. The normalized spacial score (nSPS) is 23.2. The first kappa shape index (κ1) is 24.5. The summed E-state index contributed by atoms with van der Waals surface area (Å²) in [5, 5.41) is 11.1. The zero-order chi connectivity index (χ0) is 23.8. The summed E-state index contributed by atoms with van der Waals surface area (Å²) < 4.78 is 0. The molecule has 2 fully saturated rings. The first-order valence-corrected chi connectivity index (χ1v) is 13.0. The maximum absolute atomic E-state index is 4.68. The third-order valence-electron chi connectivity index (χ3n) is 7.14. The summed E-state index contributed by atoms with van der Waals surface area (Å²) in [7, 11) is 1.99. The van der Waals surface area contributed by atoms with Gasteiger partial charge in [0.05, 0.1) is 0 Å². The minimum absolute atomic E-state index is 0.404. The Labute approximate surface area is 205 Å². The largest absolute Gasteiger partial charge is 0.370 e. The van der Waals surface area contributed by atoms with Crippen LogP contribution in [-0.2, 0) is 6.54 Å². The van der Waals surface area contributed by atoms with E-state index in [4.69, 9.17) is 0 Å². The molecule has 4 rings (SSSR count). The van der Waals surface area contributed by atoms with Gasteiger partial charge >= 0.3 is 0 Å². The zero-order valence-electron chi connectivity index (χ0n) is 20.9. The molecule has 0 spiro atoms. The highest BCUT2D eigenvalue weighted by molar-refractivity contribution is 5.67. The second kappa shape index (κ2) is 12.2. The molecule has 1 aromatic heterocycles. The van der Waals surface area contributed by atoms with E-state index in [2.05, 4.69) is 87.9 Å². The number of aromatic nitrogens is 1. The van der Waals surface area contributed by atoms with Crippen LogP contribution in [0.5, 0.6) is 0 Å². The number of nitrogens with zero attached hydrogens (tertiary/aromatic N) is 2. The molecule has 0 bridgehead atoms. The molecule has 5 nitrogen and oxygen atoms in total. The van der Waals surface area contributed by atoms with Crippen molar-refractivity contribution in [3.63, 3.8) is 0 Å². The van der Waals surface area contributed by atoms with Gasteiger partial charge in [-0.1, -0.05) is 43.7 Å². The molecule has 1 aliphatic heterocycles. The predicted octanol–water partition coefficient (Wildman–Crippen LogP) is 5.33. The van der Waals surface area contributed by atoms with Crippen LogP contribution in [0.2, 0.25) is 0 Å². The van der Waals surface area contributed by atoms with Crippen molar-refractivity contribution < 1.29 is 0 Å². The molecule has 1 aliphatic carbocycles. The topological polar surface area (TPSA) is 52.2 Å². The molecule has 1 saturated carbocycles. The van der Waals surface area contributed by atoms with Crippen molar-refractivity contribution in [2.75, 3.05) is 25.5 Å². The molecule has 2 aromatic rings. The van der Waals surface area contributed by atoms with Gasteiger partial charge in [0, 0.05) is 49.7 Å². The first-order chi connectivity index (χ1) is 16.7. The SMILES string of the molecule is C=C(/C=C\C)N1CCCC(NC2CCCCC2Nc2cc(-c3cccc(CNC)c3)ccn2)C1. The molecule has 3 atom stereocenters. The number of rotatable bonds is 9.